The molecule has 0 atom stereocenters. The lowest BCUT2D eigenvalue weighted by atomic mass is 10.0. The Morgan fingerprint density at radius 3 is 2.90 bits per heavy atom. The molecule has 0 spiro atoms. The van der Waals surface area contributed by atoms with Crippen LogP contribution >= 0.6 is 11.8 Å². The molecule has 0 amide bonds. The van der Waals surface area contributed by atoms with E-state index >= 15 is 0 Å². The van der Waals surface area contributed by atoms with Crippen molar-refractivity contribution in [2.75, 3.05) is 6.26 Å². The van der Waals surface area contributed by atoms with Crippen LogP contribution in [0.5, 0.6) is 0 Å². The largest absolute Gasteiger partial charge is 0.361 e. The van der Waals surface area contributed by atoms with Crippen LogP contribution in [0.3, 0.4) is 0 Å². The van der Waals surface area contributed by atoms with Crippen LogP contribution in [0.15, 0.2) is 34.3 Å². The number of aromatic amines is 2. The van der Waals surface area contributed by atoms with Gasteiger partial charge in [0.2, 0.25) is 0 Å². The highest BCUT2D eigenvalue weighted by atomic mass is 32.2. The Morgan fingerprint density at radius 2 is 2.19 bits per heavy atom. The minimum Gasteiger partial charge on any atom is -0.361 e. The Hall–Kier alpha value is -2.59. The van der Waals surface area contributed by atoms with Gasteiger partial charge in [-0.05, 0) is 24.5 Å². The maximum atomic E-state index is 13.7. The average molecular weight is 300 g/mol. The molecule has 0 radical (unpaired) electrons. The summed E-state index contributed by atoms with van der Waals surface area (Å²) >= 11 is 1.26. The van der Waals surface area contributed by atoms with Crippen molar-refractivity contribution >= 4 is 22.7 Å². The van der Waals surface area contributed by atoms with Gasteiger partial charge in [-0.2, -0.15) is 5.26 Å². The molecule has 0 bridgehead atoms. The van der Waals surface area contributed by atoms with Crippen LogP contribution in [-0.4, -0.2) is 21.2 Å². The van der Waals surface area contributed by atoms with Crippen molar-refractivity contribution < 1.29 is 4.39 Å². The molecule has 0 aliphatic carbocycles. The van der Waals surface area contributed by atoms with Crippen molar-refractivity contribution in [3.8, 4) is 17.3 Å². The standard InChI is InChI=1S/C14H9FN4OS/c1-21-14-18-12(9(6-16)13(20)19-14)8-2-3-10(15)7-4-5-17-11(7)8/h2-5,17H,1H3,(H,18,19,20). The zero-order valence-electron chi connectivity index (χ0n) is 10.9. The molecule has 0 aliphatic rings. The summed E-state index contributed by atoms with van der Waals surface area (Å²) in [6.07, 6.45) is 3.37. The minimum absolute atomic E-state index is 0.0877. The number of hydrogen-bond acceptors (Lipinski definition) is 4. The number of thioether (sulfide) groups is 1. The van der Waals surface area contributed by atoms with Gasteiger partial charge in [-0.15, -0.1) is 0 Å². The molecule has 0 unspecified atom stereocenters. The Kier molecular flexibility index (Phi) is 3.23. The van der Waals surface area contributed by atoms with Crippen molar-refractivity contribution in [2.45, 2.75) is 5.16 Å². The van der Waals surface area contributed by atoms with Gasteiger partial charge in [0, 0.05) is 17.1 Å². The number of aromatic nitrogens is 3. The van der Waals surface area contributed by atoms with Gasteiger partial charge in [0.05, 0.1) is 11.2 Å². The van der Waals surface area contributed by atoms with Crippen LogP contribution in [0.1, 0.15) is 5.56 Å². The number of halogens is 1. The van der Waals surface area contributed by atoms with Gasteiger partial charge in [-0.25, -0.2) is 9.37 Å². The third kappa shape index (κ3) is 2.10. The summed E-state index contributed by atoms with van der Waals surface area (Å²) in [4.78, 5) is 21.7. The molecular formula is C14H9FN4OS. The van der Waals surface area contributed by atoms with E-state index in [-0.39, 0.29) is 17.1 Å². The lowest BCUT2D eigenvalue weighted by molar-refractivity contribution is 0.640. The zero-order valence-corrected chi connectivity index (χ0v) is 11.7. The molecular weight excluding hydrogens is 291 g/mol. The number of hydrogen-bond donors (Lipinski definition) is 2. The fraction of sp³-hybridized carbons (Fsp3) is 0.0714. The summed E-state index contributed by atoms with van der Waals surface area (Å²) in [6, 6.07) is 6.28. The van der Waals surface area contributed by atoms with Crippen LogP contribution in [-0.2, 0) is 0 Å². The van der Waals surface area contributed by atoms with Crippen LogP contribution in [0.25, 0.3) is 22.2 Å². The normalized spacial score (nSPS) is 10.7. The number of H-pyrrole nitrogens is 2. The van der Waals surface area contributed by atoms with Crippen molar-refractivity contribution in [3.05, 3.63) is 46.1 Å². The lowest BCUT2D eigenvalue weighted by Gasteiger charge is -2.07. The summed E-state index contributed by atoms with van der Waals surface area (Å²) < 4.78 is 13.7. The fourth-order valence-electron chi connectivity index (χ4n) is 2.17. The SMILES string of the molecule is CSc1nc(-c2ccc(F)c3cc[nH]c23)c(C#N)c(=O)[nH]1. The summed E-state index contributed by atoms with van der Waals surface area (Å²) in [5.41, 5.74) is 0.690. The van der Waals surface area contributed by atoms with E-state index in [0.717, 1.165) is 0 Å². The summed E-state index contributed by atoms with van der Waals surface area (Å²) in [5, 5.41) is 9.99. The Balaban J connectivity index is 2.41. The highest BCUT2D eigenvalue weighted by molar-refractivity contribution is 7.98. The van der Waals surface area contributed by atoms with E-state index in [4.69, 9.17) is 0 Å². The van der Waals surface area contributed by atoms with Crippen molar-refractivity contribution in [1.82, 2.24) is 15.0 Å². The fourth-order valence-corrected chi connectivity index (χ4v) is 2.54. The van der Waals surface area contributed by atoms with E-state index in [0.29, 0.717) is 21.6 Å². The quantitative estimate of drug-likeness (QED) is 0.563. The number of nitrogens with one attached hydrogen (secondary N) is 2. The molecule has 1 aromatic carbocycles. The smallest absolute Gasteiger partial charge is 0.270 e. The number of fused-ring (bicyclic) bond motifs is 1. The predicted molar refractivity (Wildman–Crippen MR) is 78.6 cm³/mol. The lowest BCUT2D eigenvalue weighted by Crippen LogP contribution is -2.14. The topological polar surface area (TPSA) is 85.3 Å². The molecule has 7 heteroatoms. The van der Waals surface area contributed by atoms with Gasteiger partial charge in [-0.3, -0.25) is 4.79 Å². The third-order valence-electron chi connectivity index (χ3n) is 3.13. The maximum Gasteiger partial charge on any atom is 0.270 e. The molecule has 104 valence electrons. The Morgan fingerprint density at radius 1 is 1.38 bits per heavy atom. The first kappa shape index (κ1) is 13.4. The van der Waals surface area contributed by atoms with Crippen molar-refractivity contribution in [2.24, 2.45) is 0 Å². The van der Waals surface area contributed by atoms with Gasteiger partial charge >= 0.3 is 0 Å². The second-order valence-corrected chi connectivity index (χ2v) is 5.07. The second kappa shape index (κ2) is 5.07. The summed E-state index contributed by atoms with van der Waals surface area (Å²) in [7, 11) is 0. The molecule has 0 saturated carbocycles. The predicted octanol–water partition coefficient (Wildman–Crippen LogP) is 2.65. The van der Waals surface area contributed by atoms with Gasteiger partial charge in [0.15, 0.2) is 5.16 Å². The van der Waals surface area contributed by atoms with E-state index in [9.17, 15) is 14.4 Å². The number of nitrogens with zero attached hydrogens (tertiary/aromatic N) is 2. The molecule has 0 saturated heterocycles. The van der Waals surface area contributed by atoms with Crippen LogP contribution in [0.2, 0.25) is 0 Å². The van der Waals surface area contributed by atoms with Gasteiger partial charge in [0.1, 0.15) is 17.4 Å². The highest BCUT2D eigenvalue weighted by Crippen LogP contribution is 2.29. The van der Waals surface area contributed by atoms with Crippen LogP contribution < -0.4 is 5.56 Å². The highest BCUT2D eigenvalue weighted by Gasteiger charge is 2.17. The van der Waals surface area contributed by atoms with Gasteiger partial charge in [-0.1, -0.05) is 11.8 Å². The first-order chi connectivity index (χ1) is 10.2. The minimum atomic E-state index is -0.504. The molecule has 3 aromatic rings. The molecule has 5 nitrogen and oxygen atoms in total. The van der Waals surface area contributed by atoms with Crippen molar-refractivity contribution in [3.63, 3.8) is 0 Å². The second-order valence-electron chi connectivity index (χ2n) is 4.27. The van der Waals surface area contributed by atoms with Crippen LogP contribution in [0.4, 0.5) is 4.39 Å². The Labute approximate surface area is 122 Å². The molecule has 2 N–H and O–H groups in total. The van der Waals surface area contributed by atoms with E-state index in [1.165, 1.54) is 23.9 Å². The summed E-state index contributed by atoms with van der Waals surface area (Å²) in [6.45, 7) is 0. The number of benzene rings is 1. The molecule has 3 rings (SSSR count). The first-order valence-electron chi connectivity index (χ1n) is 6.00. The zero-order chi connectivity index (χ0) is 15.0. The van der Waals surface area contributed by atoms with Gasteiger partial charge < -0.3 is 9.97 Å². The maximum absolute atomic E-state index is 13.7. The van der Waals surface area contributed by atoms with Gasteiger partial charge in [0.25, 0.3) is 5.56 Å². The van der Waals surface area contributed by atoms with Crippen LogP contribution in [0, 0.1) is 17.1 Å². The third-order valence-corrected chi connectivity index (χ3v) is 3.71. The number of nitriles is 1. The van der Waals surface area contributed by atoms with E-state index < -0.39 is 5.56 Å². The Bertz CT molecular complexity index is 938. The summed E-state index contributed by atoms with van der Waals surface area (Å²) in [5.74, 6) is -0.372. The van der Waals surface area contributed by atoms with Crippen molar-refractivity contribution in [1.29, 1.82) is 5.26 Å². The average Bonchev–Trinajstić information content (AvgIpc) is 2.97. The molecule has 21 heavy (non-hydrogen) atoms. The van der Waals surface area contributed by atoms with E-state index in [2.05, 4.69) is 15.0 Å². The van der Waals surface area contributed by atoms with E-state index in [1.807, 2.05) is 6.07 Å². The first-order valence-corrected chi connectivity index (χ1v) is 7.22. The van der Waals surface area contributed by atoms with E-state index in [1.54, 1.807) is 18.5 Å². The molecule has 0 aliphatic heterocycles. The molecule has 2 heterocycles. The monoisotopic (exact) mass is 300 g/mol. The molecule has 2 aromatic heterocycles. The molecule has 0 fully saturated rings. The number of rotatable bonds is 2.